The highest BCUT2D eigenvalue weighted by Crippen LogP contribution is 2.28. The second kappa shape index (κ2) is 7.15. The molecule has 158 valence electrons. The lowest BCUT2D eigenvalue weighted by Crippen LogP contribution is -2.59. The van der Waals surface area contributed by atoms with E-state index in [9.17, 15) is 18.0 Å². The molecule has 5 rings (SSSR count). The first kappa shape index (κ1) is 19.2. The zero-order valence-corrected chi connectivity index (χ0v) is 16.1. The van der Waals surface area contributed by atoms with Crippen molar-refractivity contribution in [3.63, 3.8) is 0 Å². The second-order valence-corrected chi connectivity index (χ2v) is 7.31. The highest BCUT2D eigenvalue weighted by Gasteiger charge is 2.46. The van der Waals surface area contributed by atoms with Crippen molar-refractivity contribution in [2.24, 2.45) is 0 Å². The van der Waals surface area contributed by atoms with Gasteiger partial charge in [0.1, 0.15) is 18.1 Å². The van der Waals surface area contributed by atoms with Gasteiger partial charge in [-0.1, -0.05) is 0 Å². The summed E-state index contributed by atoms with van der Waals surface area (Å²) in [6.45, 7) is -0.797. The number of halogens is 3. The summed E-state index contributed by atoms with van der Waals surface area (Å²) >= 11 is 0. The maximum absolute atomic E-state index is 14.5. The Morgan fingerprint density at radius 1 is 1.23 bits per heavy atom. The van der Waals surface area contributed by atoms with Crippen molar-refractivity contribution >= 4 is 28.3 Å². The molecule has 31 heavy (non-hydrogen) atoms. The first-order valence-electron chi connectivity index (χ1n) is 9.46. The zero-order chi connectivity index (χ0) is 21.6. The number of pyridine rings is 1. The normalized spacial score (nSPS) is 17.1. The van der Waals surface area contributed by atoms with Gasteiger partial charge in [0.05, 0.1) is 19.4 Å². The minimum atomic E-state index is -2.86. The number of ether oxygens (including phenoxy) is 1. The van der Waals surface area contributed by atoms with Gasteiger partial charge in [-0.2, -0.15) is 0 Å². The summed E-state index contributed by atoms with van der Waals surface area (Å²) in [4.78, 5) is 17.4. The Balaban J connectivity index is 1.41. The monoisotopic (exact) mass is 427 g/mol. The van der Waals surface area contributed by atoms with Crippen LogP contribution in [0.1, 0.15) is 5.56 Å². The molecule has 1 fully saturated rings. The summed E-state index contributed by atoms with van der Waals surface area (Å²) in [6, 6.07) is 5.15. The van der Waals surface area contributed by atoms with Crippen molar-refractivity contribution in [3.8, 4) is 5.69 Å². The lowest BCUT2D eigenvalue weighted by atomic mass is 10.1. The van der Waals surface area contributed by atoms with Gasteiger partial charge >= 0.3 is 6.03 Å². The van der Waals surface area contributed by atoms with E-state index in [1.807, 2.05) is 18.2 Å². The largest absolute Gasteiger partial charge is 0.497 e. The number of allylic oxidation sites excluding steroid dienone is 2. The quantitative estimate of drug-likeness (QED) is 0.687. The maximum atomic E-state index is 14.5. The minimum Gasteiger partial charge on any atom is -0.497 e. The highest BCUT2D eigenvalue weighted by atomic mass is 19.3. The van der Waals surface area contributed by atoms with Gasteiger partial charge < -0.3 is 15.0 Å². The molecule has 1 N–H and O–H groups in total. The van der Waals surface area contributed by atoms with Gasteiger partial charge in [0.2, 0.25) is 0 Å². The van der Waals surface area contributed by atoms with Crippen molar-refractivity contribution in [2.75, 3.05) is 25.0 Å². The molecule has 2 aromatic heterocycles. The van der Waals surface area contributed by atoms with Gasteiger partial charge in [-0.25, -0.2) is 27.6 Å². The molecule has 0 unspecified atom stereocenters. The average Bonchev–Trinajstić information content (AvgIpc) is 3.17. The Labute approximate surface area is 174 Å². The smallest absolute Gasteiger partial charge is 0.322 e. The number of carbonyl (C=O) groups excluding carboxylic acids is 1. The van der Waals surface area contributed by atoms with Crippen molar-refractivity contribution in [1.29, 1.82) is 0 Å². The van der Waals surface area contributed by atoms with E-state index >= 15 is 0 Å². The highest BCUT2D eigenvalue weighted by molar-refractivity contribution is 5.90. The number of nitrogens with zero attached hydrogens (tertiary/aromatic N) is 4. The third-order valence-corrected chi connectivity index (χ3v) is 5.01. The molecule has 0 radical (unpaired) electrons. The molecule has 0 spiro atoms. The summed E-state index contributed by atoms with van der Waals surface area (Å²) < 4.78 is 46.9. The van der Waals surface area contributed by atoms with Crippen molar-refractivity contribution < 1.29 is 22.7 Å². The molecular formula is C21H16F3N5O2. The van der Waals surface area contributed by atoms with Crippen LogP contribution in [0.5, 0.6) is 0 Å². The number of nitrogens with one attached hydrogen (secondary N) is 1. The van der Waals surface area contributed by atoms with Gasteiger partial charge in [-0.05, 0) is 42.0 Å². The summed E-state index contributed by atoms with van der Waals surface area (Å²) in [5, 5.41) is 7.52. The summed E-state index contributed by atoms with van der Waals surface area (Å²) in [5.41, 5.74) is 2.62. The number of hydrogen-bond donors (Lipinski definition) is 1. The number of rotatable bonds is 3. The first-order chi connectivity index (χ1) is 14.9. The average molecular weight is 427 g/mol. The van der Waals surface area contributed by atoms with Crippen molar-refractivity contribution in [2.45, 2.75) is 5.92 Å². The van der Waals surface area contributed by atoms with Crippen LogP contribution in [-0.2, 0) is 4.74 Å². The fourth-order valence-corrected chi connectivity index (χ4v) is 3.42. The standard InChI is InChI=1S/C21H16F3N5O2/c22-17-2-1-16(26-20(30)28-11-21(23,24)12-28)8-18(17)29-10-15-7-14(9-25-19(15)27-29)13-3-5-31-6-4-13/h1-5,7-10H,6,11-12H2,(H,26,30). The summed E-state index contributed by atoms with van der Waals surface area (Å²) in [7, 11) is 0. The number of benzene rings is 1. The van der Waals surface area contributed by atoms with E-state index in [1.54, 1.807) is 18.7 Å². The van der Waals surface area contributed by atoms with E-state index < -0.39 is 30.9 Å². The minimum absolute atomic E-state index is 0.0940. The molecule has 0 atom stereocenters. The SMILES string of the molecule is O=C(Nc1ccc(F)c(-n2cc3cc(C4=CCOC=C4)cnc3n2)c1)N1CC(F)(F)C1. The van der Waals surface area contributed by atoms with Gasteiger partial charge in [0, 0.05) is 29.0 Å². The molecule has 0 bridgehead atoms. The van der Waals surface area contributed by atoms with E-state index in [2.05, 4.69) is 15.4 Å². The van der Waals surface area contributed by atoms with Crippen LogP contribution in [0.2, 0.25) is 0 Å². The fraction of sp³-hybridized carbons (Fsp3) is 0.190. The van der Waals surface area contributed by atoms with Crippen molar-refractivity contribution in [3.05, 3.63) is 66.5 Å². The topological polar surface area (TPSA) is 72.3 Å². The molecular weight excluding hydrogens is 411 g/mol. The van der Waals surface area contributed by atoms with Crippen LogP contribution in [0.15, 0.2) is 55.1 Å². The third kappa shape index (κ3) is 3.72. The molecule has 1 aromatic carbocycles. The van der Waals surface area contributed by atoms with Crippen LogP contribution < -0.4 is 5.32 Å². The first-order valence-corrected chi connectivity index (χ1v) is 9.46. The van der Waals surface area contributed by atoms with Gasteiger partial charge in [0.15, 0.2) is 5.65 Å². The zero-order valence-electron chi connectivity index (χ0n) is 16.1. The third-order valence-electron chi connectivity index (χ3n) is 5.01. The predicted molar refractivity (Wildman–Crippen MR) is 107 cm³/mol. The number of hydrogen-bond acceptors (Lipinski definition) is 4. The summed E-state index contributed by atoms with van der Waals surface area (Å²) in [5.74, 6) is -3.42. The van der Waals surface area contributed by atoms with Gasteiger partial charge in [-0.3, -0.25) is 0 Å². The Bertz CT molecular complexity index is 1240. The lowest BCUT2D eigenvalue weighted by Gasteiger charge is -2.38. The Hall–Kier alpha value is -3.82. The number of carbonyl (C=O) groups is 1. The van der Waals surface area contributed by atoms with E-state index in [0.29, 0.717) is 17.6 Å². The number of urea groups is 1. The van der Waals surface area contributed by atoms with Crippen LogP contribution in [0.3, 0.4) is 0 Å². The van der Waals surface area contributed by atoms with E-state index in [-0.39, 0.29) is 11.4 Å². The Morgan fingerprint density at radius 2 is 2.06 bits per heavy atom. The van der Waals surface area contributed by atoms with Crippen LogP contribution in [0, 0.1) is 5.82 Å². The van der Waals surface area contributed by atoms with Crippen LogP contribution in [0.25, 0.3) is 22.3 Å². The number of amides is 2. The number of aromatic nitrogens is 3. The lowest BCUT2D eigenvalue weighted by molar-refractivity contribution is -0.107. The van der Waals surface area contributed by atoms with E-state index in [1.165, 1.54) is 22.9 Å². The molecule has 1 saturated heterocycles. The predicted octanol–water partition coefficient (Wildman–Crippen LogP) is 3.97. The molecule has 2 aliphatic heterocycles. The number of anilines is 1. The summed E-state index contributed by atoms with van der Waals surface area (Å²) in [6.07, 6.45) is 8.68. The molecule has 0 aliphatic carbocycles. The van der Waals surface area contributed by atoms with E-state index in [0.717, 1.165) is 16.0 Å². The Morgan fingerprint density at radius 3 is 2.81 bits per heavy atom. The van der Waals surface area contributed by atoms with Crippen LogP contribution in [0.4, 0.5) is 23.7 Å². The second-order valence-electron chi connectivity index (χ2n) is 7.31. The molecule has 3 aromatic rings. The number of fused-ring (bicyclic) bond motifs is 1. The van der Waals surface area contributed by atoms with Crippen LogP contribution >= 0.6 is 0 Å². The van der Waals surface area contributed by atoms with Gasteiger partial charge in [0.25, 0.3) is 5.92 Å². The van der Waals surface area contributed by atoms with Gasteiger partial charge in [-0.15, -0.1) is 5.10 Å². The molecule has 0 saturated carbocycles. The number of likely N-dealkylation sites (tertiary alicyclic amines) is 1. The molecule has 2 amide bonds. The van der Waals surface area contributed by atoms with Crippen LogP contribution in [-0.4, -0.2) is 51.3 Å². The fourth-order valence-electron chi connectivity index (χ4n) is 3.42. The Kier molecular flexibility index (Phi) is 4.42. The molecule has 10 heteroatoms. The molecule has 2 aliphatic rings. The number of alkyl halides is 2. The molecule has 4 heterocycles. The van der Waals surface area contributed by atoms with Crippen molar-refractivity contribution in [1.82, 2.24) is 19.7 Å². The van der Waals surface area contributed by atoms with E-state index in [4.69, 9.17) is 4.74 Å². The molecule has 7 nitrogen and oxygen atoms in total. The maximum Gasteiger partial charge on any atom is 0.322 e.